The number of benzene rings is 1. The number of halogens is 3. The average Bonchev–Trinajstić information content (AvgIpc) is 2.89. The Balaban J connectivity index is 1.54. The van der Waals surface area contributed by atoms with Gasteiger partial charge in [0.15, 0.2) is 0 Å². The SMILES string of the molecule is CN(c1cnc(-c2cc(F)c(C#N)cc2O)cn1)[C@H]1CC2CC(F)(F)C(C1)N2. The minimum Gasteiger partial charge on any atom is -0.507 e. The number of alkyl halides is 2. The number of nitrogens with one attached hydrogen (secondary N) is 1. The molecule has 0 spiro atoms. The molecule has 2 aliphatic rings. The monoisotopic (exact) mass is 389 g/mol. The largest absolute Gasteiger partial charge is 0.507 e. The fourth-order valence-corrected chi connectivity index (χ4v) is 4.02. The van der Waals surface area contributed by atoms with E-state index in [1.165, 1.54) is 12.4 Å². The fourth-order valence-electron chi connectivity index (χ4n) is 4.02. The van der Waals surface area contributed by atoms with Crippen LogP contribution < -0.4 is 10.2 Å². The topological polar surface area (TPSA) is 85.1 Å². The van der Waals surface area contributed by atoms with Gasteiger partial charge in [0.25, 0.3) is 5.92 Å². The van der Waals surface area contributed by atoms with Gasteiger partial charge in [-0.15, -0.1) is 0 Å². The van der Waals surface area contributed by atoms with Crippen LogP contribution in [0, 0.1) is 17.1 Å². The molecule has 2 fully saturated rings. The van der Waals surface area contributed by atoms with Crippen LogP contribution in [-0.2, 0) is 0 Å². The number of hydrogen-bond donors (Lipinski definition) is 2. The second-order valence-corrected chi connectivity index (χ2v) is 7.34. The molecule has 6 nitrogen and oxygen atoms in total. The number of phenolic OH excluding ortho intramolecular Hbond substituents is 1. The molecule has 3 heterocycles. The zero-order valence-electron chi connectivity index (χ0n) is 15.0. The highest BCUT2D eigenvalue weighted by Gasteiger charge is 2.53. The minimum absolute atomic E-state index is 0.0921. The highest BCUT2D eigenvalue weighted by atomic mass is 19.3. The lowest BCUT2D eigenvalue weighted by atomic mass is 9.98. The zero-order valence-corrected chi connectivity index (χ0v) is 15.0. The molecule has 1 aromatic heterocycles. The van der Waals surface area contributed by atoms with Gasteiger partial charge in [-0.2, -0.15) is 5.26 Å². The minimum atomic E-state index is -2.69. The third kappa shape index (κ3) is 3.14. The van der Waals surface area contributed by atoms with E-state index in [2.05, 4.69) is 15.3 Å². The molecule has 0 aliphatic carbocycles. The van der Waals surface area contributed by atoms with Gasteiger partial charge >= 0.3 is 0 Å². The predicted molar refractivity (Wildman–Crippen MR) is 95.5 cm³/mol. The van der Waals surface area contributed by atoms with E-state index >= 15 is 0 Å². The summed E-state index contributed by atoms with van der Waals surface area (Å²) in [6, 6.07) is 2.59. The molecular weight excluding hydrogens is 371 g/mol. The maximum atomic E-state index is 13.9. The Hall–Kier alpha value is -2.86. The second-order valence-electron chi connectivity index (χ2n) is 7.34. The van der Waals surface area contributed by atoms with Crippen molar-refractivity contribution in [2.24, 2.45) is 0 Å². The fraction of sp³-hybridized carbons (Fsp3) is 0.421. The lowest BCUT2D eigenvalue weighted by molar-refractivity contribution is -0.0128. The van der Waals surface area contributed by atoms with Crippen molar-refractivity contribution in [3.05, 3.63) is 35.9 Å². The van der Waals surface area contributed by atoms with Crippen LogP contribution in [-0.4, -0.2) is 46.2 Å². The molecule has 9 heteroatoms. The van der Waals surface area contributed by atoms with E-state index in [1.807, 2.05) is 4.90 Å². The zero-order chi connectivity index (χ0) is 20.1. The standard InChI is InChI=1S/C19H18F3N5O/c1-27(12-3-11-6-19(21,22)17(4-12)26-11)18-9-24-15(8-25-18)13-5-14(20)10(7-23)2-16(13)28/h2,5,8-9,11-12,17,26,28H,3-4,6H2,1H3/t11?,12-,17?/m0/s1. The van der Waals surface area contributed by atoms with Crippen LogP contribution in [0.5, 0.6) is 5.75 Å². The Morgan fingerprint density at radius 3 is 2.71 bits per heavy atom. The molecular formula is C19H18F3N5O. The van der Waals surface area contributed by atoms with Crippen molar-refractivity contribution in [1.82, 2.24) is 15.3 Å². The predicted octanol–water partition coefficient (Wildman–Crippen LogP) is 2.82. The number of phenols is 1. The highest BCUT2D eigenvalue weighted by molar-refractivity contribution is 5.68. The van der Waals surface area contributed by atoms with Crippen molar-refractivity contribution < 1.29 is 18.3 Å². The molecule has 2 unspecified atom stereocenters. The normalized spacial score (nSPS) is 25.3. The van der Waals surface area contributed by atoms with E-state index in [4.69, 9.17) is 5.26 Å². The van der Waals surface area contributed by atoms with Gasteiger partial charge in [0.2, 0.25) is 0 Å². The number of hydrogen-bond acceptors (Lipinski definition) is 6. The number of fused-ring (bicyclic) bond motifs is 2. The van der Waals surface area contributed by atoms with Gasteiger partial charge in [-0.1, -0.05) is 0 Å². The second kappa shape index (κ2) is 6.63. The molecule has 2 N–H and O–H groups in total. The average molecular weight is 389 g/mol. The van der Waals surface area contributed by atoms with Crippen LogP contribution in [0.15, 0.2) is 24.5 Å². The summed E-state index contributed by atoms with van der Waals surface area (Å²) < 4.78 is 41.7. The van der Waals surface area contributed by atoms with Gasteiger partial charge in [0.1, 0.15) is 23.5 Å². The van der Waals surface area contributed by atoms with Crippen LogP contribution >= 0.6 is 0 Å². The number of rotatable bonds is 3. The van der Waals surface area contributed by atoms with E-state index in [0.717, 1.165) is 12.1 Å². The first-order chi connectivity index (χ1) is 13.3. The number of aromatic hydroxyl groups is 1. The molecule has 4 rings (SSSR count). The van der Waals surface area contributed by atoms with Crippen LogP contribution in [0.3, 0.4) is 0 Å². The van der Waals surface area contributed by atoms with Gasteiger partial charge in [0, 0.05) is 37.2 Å². The summed E-state index contributed by atoms with van der Waals surface area (Å²) in [7, 11) is 1.79. The molecule has 28 heavy (non-hydrogen) atoms. The van der Waals surface area contributed by atoms with Gasteiger partial charge in [-0.25, -0.2) is 18.2 Å². The summed E-state index contributed by atoms with van der Waals surface area (Å²) in [5.74, 6) is -3.21. The molecule has 2 bridgehead atoms. The smallest absolute Gasteiger partial charge is 0.264 e. The van der Waals surface area contributed by atoms with Crippen molar-refractivity contribution >= 4 is 5.82 Å². The number of anilines is 1. The Morgan fingerprint density at radius 1 is 1.29 bits per heavy atom. The lowest BCUT2D eigenvalue weighted by Crippen LogP contribution is -2.49. The Morgan fingerprint density at radius 2 is 2.07 bits per heavy atom. The molecule has 0 radical (unpaired) electrons. The lowest BCUT2D eigenvalue weighted by Gasteiger charge is -2.36. The van der Waals surface area contributed by atoms with Crippen molar-refractivity contribution in [2.75, 3.05) is 11.9 Å². The van der Waals surface area contributed by atoms with Crippen molar-refractivity contribution in [1.29, 1.82) is 5.26 Å². The van der Waals surface area contributed by atoms with Gasteiger partial charge in [-0.3, -0.25) is 4.98 Å². The van der Waals surface area contributed by atoms with Crippen molar-refractivity contribution in [3.63, 3.8) is 0 Å². The van der Waals surface area contributed by atoms with Crippen molar-refractivity contribution in [2.45, 2.75) is 43.3 Å². The first-order valence-corrected chi connectivity index (χ1v) is 8.90. The Kier molecular flexibility index (Phi) is 4.38. The molecule has 0 amide bonds. The Labute approximate surface area is 159 Å². The summed E-state index contributed by atoms with van der Waals surface area (Å²) >= 11 is 0. The van der Waals surface area contributed by atoms with Gasteiger partial charge in [0.05, 0.1) is 29.7 Å². The molecule has 1 aromatic carbocycles. The molecule has 2 aromatic rings. The third-order valence-electron chi connectivity index (χ3n) is 5.56. The van der Waals surface area contributed by atoms with E-state index in [9.17, 15) is 18.3 Å². The van der Waals surface area contributed by atoms with Crippen LogP contribution in [0.1, 0.15) is 24.8 Å². The van der Waals surface area contributed by atoms with E-state index in [-0.39, 0.29) is 41.1 Å². The molecule has 2 aliphatic heterocycles. The molecule has 146 valence electrons. The first-order valence-electron chi connectivity index (χ1n) is 8.90. The van der Waals surface area contributed by atoms with E-state index in [1.54, 1.807) is 13.1 Å². The maximum Gasteiger partial charge on any atom is 0.264 e. The molecule has 2 saturated heterocycles. The van der Waals surface area contributed by atoms with Crippen LogP contribution in [0.4, 0.5) is 19.0 Å². The molecule has 0 saturated carbocycles. The summed E-state index contributed by atoms with van der Waals surface area (Å²) in [6.45, 7) is 0. The van der Waals surface area contributed by atoms with Gasteiger partial charge < -0.3 is 15.3 Å². The quantitative estimate of drug-likeness (QED) is 0.840. The van der Waals surface area contributed by atoms with Gasteiger partial charge in [-0.05, 0) is 18.9 Å². The van der Waals surface area contributed by atoms with Crippen molar-refractivity contribution in [3.8, 4) is 23.1 Å². The Bertz CT molecular complexity index is 944. The summed E-state index contributed by atoms with van der Waals surface area (Å²) in [4.78, 5) is 10.4. The molecule has 3 atom stereocenters. The third-order valence-corrected chi connectivity index (χ3v) is 5.56. The van der Waals surface area contributed by atoms with E-state index < -0.39 is 17.8 Å². The number of aromatic nitrogens is 2. The number of piperidine rings is 1. The highest BCUT2D eigenvalue weighted by Crippen LogP contribution is 2.40. The number of nitrogens with zero attached hydrogens (tertiary/aromatic N) is 4. The van der Waals surface area contributed by atoms with Crippen LogP contribution in [0.2, 0.25) is 0 Å². The first kappa shape index (κ1) is 18.5. The number of nitriles is 1. The van der Waals surface area contributed by atoms with E-state index in [0.29, 0.717) is 18.7 Å². The van der Waals surface area contributed by atoms with Crippen LogP contribution in [0.25, 0.3) is 11.3 Å². The maximum absolute atomic E-state index is 13.9. The summed E-state index contributed by atoms with van der Waals surface area (Å²) in [6.07, 6.45) is 3.61. The summed E-state index contributed by atoms with van der Waals surface area (Å²) in [5, 5.41) is 21.8. The summed E-state index contributed by atoms with van der Waals surface area (Å²) in [5.41, 5.74) is 0.107.